The van der Waals surface area contributed by atoms with Crippen molar-refractivity contribution in [3.8, 4) is 11.4 Å². The number of nitrogens with zero attached hydrogens (tertiary/aromatic N) is 3. The summed E-state index contributed by atoms with van der Waals surface area (Å²) in [6.45, 7) is 1.93. The Balaban J connectivity index is 2.51. The third-order valence-electron chi connectivity index (χ3n) is 2.26. The molecule has 0 aliphatic heterocycles. The number of ether oxygens (including phenoxy) is 1. The second-order valence-electron chi connectivity index (χ2n) is 3.49. The standard InChI is InChI=1S/C11H11N3O3/c1-7-3-4-9(17-2)8(5-7)14-6-12-10(13-14)11(15)16/h3-6H,1-2H3,(H,15,16). The Morgan fingerprint density at radius 3 is 2.82 bits per heavy atom. The van der Waals surface area contributed by atoms with Crippen molar-refractivity contribution in [2.75, 3.05) is 7.11 Å². The molecule has 17 heavy (non-hydrogen) atoms. The third-order valence-corrected chi connectivity index (χ3v) is 2.26. The first-order valence-electron chi connectivity index (χ1n) is 4.92. The first-order valence-corrected chi connectivity index (χ1v) is 4.92. The van der Waals surface area contributed by atoms with Crippen LogP contribution in [0.5, 0.6) is 5.75 Å². The van der Waals surface area contributed by atoms with Gasteiger partial charge in [0.25, 0.3) is 5.82 Å². The van der Waals surface area contributed by atoms with Crippen molar-refractivity contribution in [2.45, 2.75) is 6.92 Å². The highest BCUT2D eigenvalue weighted by Crippen LogP contribution is 2.22. The lowest BCUT2D eigenvalue weighted by molar-refractivity contribution is 0.0683. The lowest BCUT2D eigenvalue weighted by Gasteiger charge is -2.08. The molecular formula is C11H11N3O3. The van der Waals surface area contributed by atoms with E-state index in [1.165, 1.54) is 11.0 Å². The van der Waals surface area contributed by atoms with Gasteiger partial charge in [0, 0.05) is 0 Å². The lowest BCUT2D eigenvalue weighted by Crippen LogP contribution is -2.03. The van der Waals surface area contributed by atoms with Crippen LogP contribution in [-0.4, -0.2) is 33.0 Å². The number of aromatic nitrogens is 3. The molecule has 0 aliphatic carbocycles. The van der Waals surface area contributed by atoms with E-state index in [0.29, 0.717) is 11.4 Å². The zero-order valence-electron chi connectivity index (χ0n) is 9.41. The van der Waals surface area contributed by atoms with Crippen LogP contribution in [-0.2, 0) is 0 Å². The molecule has 1 aromatic heterocycles. The summed E-state index contributed by atoms with van der Waals surface area (Å²) < 4.78 is 6.57. The van der Waals surface area contributed by atoms with Gasteiger partial charge in [0.1, 0.15) is 17.8 Å². The van der Waals surface area contributed by atoms with Gasteiger partial charge in [0.15, 0.2) is 0 Å². The van der Waals surface area contributed by atoms with E-state index in [4.69, 9.17) is 9.84 Å². The minimum atomic E-state index is -1.16. The average molecular weight is 233 g/mol. The number of hydrogen-bond acceptors (Lipinski definition) is 4. The molecular weight excluding hydrogens is 222 g/mol. The lowest BCUT2D eigenvalue weighted by atomic mass is 10.2. The van der Waals surface area contributed by atoms with Crippen LogP contribution in [0.4, 0.5) is 0 Å². The highest BCUT2D eigenvalue weighted by molar-refractivity contribution is 5.82. The number of carboxylic acid groups (broad SMARTS) is 1. The van der Waals surface area contributed by atoms with Crippen LogP contribution < -0.4 is 4.74 Å². The fourth-order valence-corrected chi connectivity index (χ4v) is 1.46. The number of rotatable bonds is 3. The summed E-state index contributed by atoms with van der Waals surface area (Å²) in [4.78, 5) is 14.4. The normalized spacial score (nSPS) is 10.2. The van der Waals surface area contributed by atoms with Crippen LogP contribution in [0.15, 0.2) is 24.5 Å². The van der Waals surface area contributed by atoms with Crippen molar-refractivity contribution in [3.05, 3.63) is 35.9 Å². The van der Waals surface area contributed by atoms with E-state index in [9.17, 15) is 4.79 Å². The zero-order chi connectivity index (χ0) is 12.4. The van der Waals surface area contributed by atoms with E-state index < -0.39 is 5.97 Å². The molecule has 1 N–H and O–H groups in total. The number of aromatic carboxylic acids is 1. The Morgan fingerprint density at radius 1 is 1.47 bits per heavy atom. The fourth-order valence-electron chi connectivity index (χ4n) is 1.46. The molecule has 0 fully saturated rings. The summed E-state index contributed by atoms with van der Waals surface area (Å²) in [7, 11) is 1.54. The summed E-state index contributed by atoms with van der Waals surface area (Å²) in [5, 5.41) is 12.6. The molecule has 0 unspecified atom stereocenters. The van der Waals surface area contributed by atoms with Gasteiger partial charge in [-0.05, 0) is 24.6 Å². The SMILES string of the molecule is COc1ccc(C)cc1-n1cnc(C(=O)O)n1. The molecule has 0 spiro atoms. The highest BCUT2D eigenvalue weighted by atomic mass is 16.5. The molecule has 0 bridgehead atoms. The number of aryl methyl sites for hydroxylation is 1. The number of carboxylic acids is 1. The maximum absolute atomic E-state index is 10.7. The third kappa shape index (κ3) is 2.10. The Labute approximate surface area is 97.5 Å². The van der Waals surface area contributed by atoms with Gasteiger partial charge in [-0.2, -0.15) is 0 Å². The first-order chi connectivity index (χ1) is 8.11. The van der Waals surface area contributed by atoms with E-state index in [1.54, 1.807) is 13.2 Å². The smallest absolute Gasteiger partial charge is 0.375 e. The van der Waals surface area contributed by atoms with E-state index >= 15 is 0 Å². The van der Waals surface area contributed by atoms with Crippen molar-refractivity contribution in [1.29, 1.82) is 0 Å². The van der Waals surface area contributed by atoms with Crippen molar-refractivity contribution < 1.29 is 14.6 Å². The second kappa shape index (κ2) is 4.25. The molecule has 2 rings (SSSR count). The van der Waals surface area contributed by atoms with Crippen LogP contribution >= 0.6 is 0 Å². The summed E-state index contributed by atoms with van der Waals surface area (Å²) in [6, 6.07) is 5.54. The van der Waals surface area contributed by atoms with Crippen molar-refractivity contribution in [2.24, 2.45) is 0 Å². The van der Waals surface area contributed by atoms with Crippen LogP contribution in [0, 0.1) is 6.92 Å². The minimum Gasteiger partial charge on any atom is -0.494 e. The quantitative estimate of drug-likeness (QED) is 0.864. The molecule has 1 aromatic carbocycles. The molecule has 1 heterocycles. The van der Waals surface area contributed by atoms with E-state index in [2.05, 4.69) is 10.1 Å². The second-order valence-corrected chi connectivity index (χ2v) is 3.49. The van der Waals surface area contributed by atoms with Gasteiger partial charge in [-0.1, -0.05) is 6.07 Å². The van der Waals surface area contributed by atoms with Crippen molar-refractivity contribution in [3.63, 3.8) is 0 Å². The van der Waals surface area contributed by atoms with Crippen LogP contribution in [0.25, 0.3) is 5.69 Å². The van der Waals surface area contributed by atoms with E-state index in [0.717, 1.165) is 5.56 Å². The van der Waals surface area contributed by atoms with Crippen molar-refractivity contribution in [1.82, 2.24) is 14.8 Å². The molecule has 0 atom stereocenters. The summed E-state index contributed by atoms with van der Waals surface area (Å²) in [5.41, 5.74) is 1.68. The fraction of sp³-hybridized carbons (Fsp3) is 0.182. The average Bonchev–Trinajstić information content (AvgIpc) is 2.78. The van der Waals surface area contributed by atoms with Crippen LogP contribution in [0.3, 0.4) is 0 Å². The number of carbonyl (C=O) groups is 1. The van der Waals surface area contributed by atoms with Gasteiger partial charge in [0.2, 0.25) is 0 Å². The molecule has 88 valence electrons. The molecule has 2 aromatic rings. The highest BCUT2D eigenvalue weighted by Gasteiger charge is 2.12. The Kier molecular flexibility index (Phi) is 2.78. The van der Waals surface area contributed by atoms with Crippen molar-refractivity contribution >= 4 is 5.97 Å². The molecule has 0 amide bonds. The predicted molar refractivity (Wildman–Crippen MR) is 59.6 cm³/mol. The van der Waals surface area contributed by atoms with Gasteiger partial charge >= 0.3 is 5.97 Å². The number of methoxy groups -OCH3 is 1. The molecule has 0 saturated carbocycles. The largest absolute Gasteiger partial charge is 0.494 e. The first kappa shape index (κ1) is 11.1. The van der Waals surface area contributed by atoms with E-state index in [1.807, 2.05) is 19.1 Å². The Bertz CT molecular complexity index is 563. The minimum absolute atomic E-state index is 0.242. The summed E-state index contributed by atoms with van der Waals surface area (Å²) in [6.07, 6.45) is 1.35. The Hall–Kier alpha value is -2.37. The van der Waals surface area contributed by atoms with Gasteiger partial charge in [-0.15, -0.1) is 5.10 Å². The van der Waals surface area contributed by atoms with Gasteiger partial charge < -0.3 is 9.84 Å². The van der Waals surface area contributed by atoms with Gasteiger partial charge in [-0.25, -0.2) is 14.5 Å². The molecule has 6 heteroatoms. The number of benzene rings is 1. The van der Waals surface area contributed by atoms with Crippen LogP contribution in [0.1, 0.15) is 16.2 Å². The summed E-state index contributed by atoms with van der Waals surface area (Å²) >= 11 is 0. The number of hydrogen-bond donors (Lipinski definition) is 1. The Morgan fingerprint density at radius 2 is 2.24 bits per heavy atom. The maximum Gasteiger partial charge on any atom is 0.375 e. The molecule has 6 nitrogen and oxygen atoms in total. The van der Waals surface area contributed by atoms with Gasteiger partial charge in [0.05, 0.1) is 7.11 Å². The molecule has 0 radical (unpaired) electrons. The summed E-state index contributed by atoms with van der Waals surface area (Å²) in [5.74, 6) is -0.790. The zero-order valence-corrected chi connectivity index (χ0v) is 9.41. The maximum atomic E-state index is 10.7. The molecule has 0 saturated heterocycles. The molecule has 0 aliphatic rings. The van der Waals surface area contributed by atoms with Crippen LogP contribution in [0.2, 0.25) is 0 Å². The topological polar surface area (TPSA) is 77.2 Å². The monoisotopic (exact) mass is 233 g/mol. The van der Waals surface area contributed by atoms with E-state index in [-0.39, 0.29) is 5.82 Å². The predicted octanol–water partition coefficient (Wildman–Crippen LogP) is 1.28. The van der Waals surface area contributed by atoms with Gasteiger partial charge in [-0.3, -0.25) is 0 Å².